The molecule has 1 unspecified atom stereocenters. The van der Waals surface area contributed by atoms with Crippen LogP contribution in [-0.2, 0) is 0 Å². The molecule has 1 aromatic carbocycles. The lowest BCUT2D eigenvalue weighted by molar-refractivity contribution is 0.197. The van der Waals surface area contributed by atoms with Gasteiger partial charge in [-0.2, -0.15) is 0 Å². The minimum absolute atomic E-state index is 0.0120. The molecule has 2 saturated heterocycles. The Labute approximate surface area is 150 Å². The van der Waals surface area contributed by atoms with Gasteiger partial charge in [-0.05, 0) is 44.9 Å². The van der Waals surface area contributed by atoms with Gasteiger partial charge in [-0.1, -0.05) is 12.1 Å². The molecule has 0 spiro atoms. The first kappa shape index (κ1) is 18.0. The smallest absolute Gasteiger partial charge is 0.322 e. The third-order valence-corrected chi connectivity index (χ3v) is 5.32. The van der Waals surface area contributed by atoms with Gasteiger partial charge in [0.05, 0.1) is 11.4 Å². The van der Waals surface area contributed by atoms with E-state index in [4.69, 9.17) is 5.11 Å². The number of para-hydroxylation sites is 2. The van der Waals surface area contributed by atoms with Gasteiger partial charge < -0.3 is 25.1 Å². The van der Waals surface area contributed by atoms with E-state index < -0.39 is 0 Å². The highest BCUT2D eigenvalue weighted by molar-refractivity contribution is 5.93. The molecule has 2 aliphatic heterocycles. The first-order valence-corrected chi connectivity index (χ1v) is 9.40. The van der Waals surface area contributed by atoms with Crippen LogP contribution in [0.1, 0.15) is 25.7 Å². The van der Waals surface area contributed by atoms with Gasteiger partial charge in [0.15, 0.2) is 0 Å². The lowest BCUT2D eigenvalue weighted by atomic mass is 10.1. The maximum atomic E-state index is 12.8. The minimum atomic E-state index is -0.0120. The van der Waals surface area contributed by atoms with Crippen LogP contribution in [0.5, 0.6) is 0 Å². The van der Waals surface area contributed by atoms with E-state index in [0.717, 1.165) is 69.8 Å². The van der Waals surface area contributed by atoms with Gasteiger partial charge in [0.2, 0.25) is 0 Å². The fourth-order valence-corrected chi connectivity index (χ4v) is 3.82. The number of nitrogens with zero attached hydrogens (tertiary/aromatic N) is 3. The number of amides is 2. The number of aliphatic hydroxyl groups is 1. The van der Waals surface area contributed by atoms with E-state index in [9.17, 15) is 4.79 Å². The second-order valence-corrected chi connectivity index (χ2v) is 7.09. The molecular formula is C19H30N4O2. The van der Waals surface area contributed by atoms with Gasteiger partial charge in [-0.25, -0.2) is 4.79 Å². The number of rotatable bonds is 5. The van der Waals surface area contributed by atoms with E-state index >= 15 is 0 Å². The summed E-state index contributed by atoms with van der Waals surface area (Å²) in [7, 11) is 2.14. The monoisotopic (exact) mass is 346 g/mol. The zero-order valence-electron chi connectivity index (χ0n) is 15.2. The number of likely N-dealkylation sites (tertiary alicyclic amines) is 1. The van der Waals surface area contributed by atoms with Crippen molar-refractivity contribution in [2.45, 2.75) is 31.7 Å². The van der Waals surface area contributed by atoms with Crippen molar-refractivity contribution in [1.82, 2.24) is 9.80 Å². The number of nitrogens with one attached hydrogen (secondary N) is 1. The Kier molecular flexibility index (Phi) is 6.15. The van der Waals surface area contributed by atoms with E-state index in [1.54, 1.807) is 0 Å². The van der Waals surface area contributed by atoms with Crippen molar-refractivity contribution < 1.29 is 9.90 Å². The number of hydrogen-bond donors (Lipinski definition) is 2. The molecule has 3 rings (SSSR count). The van der Waals surface area contributed by atoms with Crippen molar-refractivity contribution in [3.63, 3.8) is 0 Å². The van der Waals surface area contributed by atoms with E-state index in [2.05, 4.69) is 28.2 Å². The summed E-state index contributed by atoms with van der Waals surface area (Å²) in [5.41, 5.74) is 2.00. The highest BCUT2D eigenvalue weighted by atomic mass is 16.3. The first-order chi connectivity index (χ1) is 12.2. The van der Waals surface area contributed by atoms with E-state index in [1.807, 2.05) is 23.1 Å². The van der Waals surface area contributed by atoms with Crippen LogP contribution in [-0.4, -0.2) is 73.4 Å². The van der Waals surface area contributed by atoms with E-state index in [1.165, 1.54) is 0 Å². The highest BCUT2D eigenvalue weighted by Gasteiger charge is 2.29. The Bertz CT molecular complexity index is 572. The van der Waals surface area contributed by atoms with Crippen molar-refractivity contribution in [3.05, 3.63) is 24.3 Å². The second kappa shape index (κ2) is 8.54. The number of hydrogen-bond acceptors (Lipinski definition) is 4. The van der Waals surface area contributed by atoms with Crippen LogP contribution in [0.4, 0.5) is 16.2 Å². The number of benzene rings is 1. The second-order valence-electron chi connectivity index (χ2n) is 7.09. The van der Waals surface area contributed by atoms with Crippen molar-refractivity contribution in [2.24, 2.45) is 0 Å². The predicted molar refractivity (Wildman–Crippen MR) is 101 cm³/mol. The van der Waals surface area contributed by atoms with Gasteiger partial charge in [-0.15, -0.1) is 0 Å². The number of urea groups is 1. The Morgan fingerprint density at radius 2 is 1.96 bits per heavy atom. The summed E-state index contributed by atoms with van der Waals surface area (Å²) >= 11 is 0. The van der Waals surface area contributed by atoms with Crippen molar-refractivity contribution >= 4 is 17.4 Å². The SMILES string of the molecule is CN1CCN(c2ccccc2NC(=O)N2CCCC2CCCO)CC1. The summed E-state index contributed by atoms with van der Waals surface area (Å²) in [5.74, 6) is 0. The summed E-state index contributed by atoms with van der Waals surface area (Å²) in [6.45, 7) is 5.03. The zero-order valence-corrected chi connectivity index (χ0v) is 15.2. The quantitative estimate of drug-likeness (QED) is 0.858. The molecule has 0 bridgehead atoms. The van der Waals surface area contributed by atoms with Crippen molar-refractivity contribution in [2.75, 3.05) is 56.6 Å². The topological polar surface area (TPSA) is 59.0 Å². The molecule has 0 aromatic heterocycles. The molecule has 2 heterocycles. The standard InChI is InChI=1S/C19H30N4O2/c1-21-11-13-22(14-12-21)18-9-3-2-8-17(18)20-19(25)23-10-4-6-16(23)7-5-15-24/h2-3,8-9,16,24H,4-7,10-15H2,1H3,(H,20,25). The third kappa shape index (κ3) is 4.44. The average molecular weight is 346 g/mol. The van der Waals surface area contributed by atoms with Gasteiger partial charge in [0.1, 0.15) is 0 Å². The zero-order chi connectivity index (χ0) is 17.6. The van der Waals surface area contributed by atoms with Gasteiger partial charge in [0.25, 0.3) is 0 Å². The average Bonchev–Trinajstić information content (AvgIpc) is 3.10. The Hall–Kier alpha value is -1.79. The number of likely N-dealkylation sites (N-methyl/N-ethyl adjacent to an activating group) is 1. The normalized spacial score (nSPS) is 21.6. The molecule has 2 aliphatic rings. The summed E-state index contributed by atoms with van der Waals surface area (Å²) in [6.07, 6.45) is 3.72. The number of anilines is 2. The Balaban J connectivity index is 1.67. The number of carbonyl (C=O) groups is 1. The molecule has 0 radical (unpaired) electrons. The van der Waals surface area contributed by atoms with E-state index in [0.29, 0.717) is 0 Å². The molecule has 1 aromatic rings. The molecule has 25 heavy (non-hydrogen) atoms. The number of carbonyl (C=O) groups excluding carboxylic acids is 1. The molecule has 1 atom stereocenters. The summed E-state index contributed by atoms with van der Waals surface area (Å²) in [6, 6.07) is 8.33. The fourth-order valence-electron chi connectivity index (χ4n) is 3.82. The number of piperazine rings is 1. The third-order valence-electron chi connectivity index (χ3n) is 5.32. The molecule has 2 fully saturated rings. The lowest BCUT2D eigenvalue weighted by Gasteiger charge is -2.35. The molecule has 2 amide bonds. The highest BCUT2D eigenvalue weighted by Crippen LogP contribution is 2.28. The maximum absolute atomic E-state index is 12.8. The largest absolute Gasteiger partial charge is 0.396 e. The molecule has 6 nitrogen and oxygen atoms in total. The Morgan fingerprint density at radius 1 is 1.20 bits per heavy atom. The van der Waals surface area contributed by atoms with Crippen LogP contribution in [0, 0.1) is 0 Å². The molecule has 0 aliphatic carbocycles. The fraction of sp³-hybridized carbons (Fsp3) is 0.632. The van der Waals surface area contributed by atoms with Gasteiger partial charge in [0, 0.05) is 45.4 Å². The van der Waals surface area contributed by atoms with Crippen LogP contribution < -0.4 is 10.2 Å². The van der Waals surface area contributed by atoms with Crippen LogP contribution in [0.15, 0.2) is 24.3 Å². The van der Waals surface area contributed by atoms with Crippen molar-refractivity contribution in [1.29, 1.82) is 0 Å². The Morgan fingerprint density at radius 3 is 2.72 bits per heavy atom. The number of aliphatic hydroxyl groups excluding tert-OH is 1. The maximum Gasteiger partial charge on any atom is 0.322 e. The first-order valence-electron chi connectivity index (χ1n) is 9.40. The molecule has 0 saturated carbocycles. The molecule has 2 N–H and O–H groups in total. The molecular weight excluding hydrogens is 316 g/mol. The van der Waals surface area contributed by atoms with Crippen LogP contribution in [0.3, 0.4) is 0 Å². The molecule has 138 valence electrons. The van der Waals surface area contributed by atoms with Crippen molar-refractivity contribution in [3.8, 4) is 0 Å². The van der Waals surface area contributed by atoms with E-state index in [-0.39, 0.29) is 18.7 Å². The van der Waals surface area contributed by atoms with Gasteiger partial charge >= 0.3 is 6.03 Å². The summed E-state index contributed by atoms with van der Waals surface area (Å²) in [4.78, 5) is 19.4. The summed E-state index contributed by atoms with van der Waals surface area (Å²) < 4.78 is 0. The lowest BCUT2D eigenvalue weighted by Crippen LogP contribution is -2.45. The van der Waals surface area contributed by atoms with Crippen LogP contribution in [0.25, 0.3) is 0 Å². The minimum Gasteiger partial charge on any atom is -0.396 e. The molecule has 6 heteroatoms. The van der Waals surface area contributed by atoms with Crippen LogP contribution in [0.2, 0.25) is 0 Å². The summed E-state index contributed by atoms with van der Waals surface area (Å²) in [5, 5.41) is 12.2. The predicted octanol–water partition coefficient (Wildman–Crippen LogP) is 2.21. The van der Waals surface area contributed by atoms with Gasteiger partial charge in [-0.3, -0.25) is 0 Å². The van der Waals surface area contributed by atoms with Crippen LogP contribution >= 0.6 is 0 Å².